The smallest absolute Gasteiger partial charge is 0.444 e. The minimum Gasteiger partial charge on any atom is -0.444 e. The topological polar surface area (TPSA) is 122 Å². The number of piperidine rings is 1. The van der Waals surface area contributed by atoms with Crippen molar-refractivity contribution in [1.82, 2.24) is 15.5 Å². The SMILES string of the molecule is C[C@H](NC(=O)[C@H]1C[C@@H](c2ccccc2)CCN1C(=O)OC(C)(C)C)C(=O)NCc1ccc(N2N=C(C(F)(F)F)OO2)cc1. The molecule has 2 heterocycles. The number of nitrogens with zero attached hydrogens (tertiary/aromatic N) is 3. The van der Waals surface area contributed by atoms with Gasteiger partial charge in [0.2, 0.25) is 11.8 Å². The second-order valence-corrected chi connectivity index (χ2v) is 11.3. The Hall–Kier alpha value is -4.33. The summed E-state index contributed by atoms with van der Waals surface area (Å²) in [5.41, 5.74) is 1.13. The minimum atomic E-state index is -4.79. The van der Waals surface area contributed by atoms with Crippen molar-refractivity contribution in [3.8, 4) is 0 Å². The summed E-state index contributed by atoms with van der Waals surface area (Å²) in [5.74, 6) is -2.42. The number of benzene rings is 2. The molecule has 2 aromatic carbocycles. The number of ether oxygens (including phenoxy) is 1. The first-order chi connectivity index (χ1) is 20.2. The number of hydrogen-bond acceptors (Lipinski definition) is 8. The number of rotatable bonds is 7. The number of nitrogens with one attached hydrogen (secondary N) is 2. The van der Waals surface area contributed by atoms with Gasteiger partial charge in [-0.05, 0) is 74.7 Å². The molecule has 3 amide bonds. The average Bonchev–Trinajstić information content (AvgIpc) is 3.47. The van der Waals surface area contributed by atoms with Crippen LogP contribution >= 0.6 is 0 Å². The predicted molar refractivity (Wildman–Crippen MR) is 149 cm³/mol. The standard InChI is InChI=1S/C29H34F3N5O6/c1-18(24(38)33-17-19-10-12-22(13-11-19)37-35-26(42-43-37)29(30,31)32)34-25(39)23-16-21(20-8-6-5-7-9-20)14-15-36(23)27(40)41-28(2,3)4/h5-13,18,21,23H,14-17H2,1-4H3,(H,33,38)(H,34,39)/t18-,21-,23+/m0/s1. The number of amides is 3. The molecule has 11 nitrogen and oxygen atoms in total. The number of anilines is 1. The molecule has 2 aliphatic heterocycles. The Morgan fingerprint density at radius 1 is 1.07 bits per heavy atom. The highest BCUT2D eigenvalue weighted by Crippen LogP contribution is 2.33. The molecule has 232 valence electrons. The van der Waals surface area contributed by atoms with Crippen LogP contribution in [0.4, 0.5) is 23.7 Å². The third kappa shape index (κ3) is 8.37. The molecule has 14 heteroatoms. The summed E-state index contributed by atoms with van der Waals surface area (Å²) in [4.78, 5) is 49.3. The molecule has 0 aliphatic carbocycles. The Morgan fingerprint density at radius 3 is 2.35 bits per heavy atom. The highest BCUT2D eigenvalue weighted by atomic mass is 19.4. The molecule has 4 rings (SSSR count). The lowest BCUT2D eigenvalue weighted by Crippen LogP contribution is -2.57. The van der Waals surface area contributed by atoms with E-state index in [1.165, 1.54) is 24.0 Å². The van der Waals surface area contributed by atoms with E-state index in [1.54, 1.807) is 32.9 Å². The first kappa shape index (κ1) is 31.6. The summed E-state index contributed by atoms with van der Waals surface area (Å²) in [6.45, 7) is 7.19. The second kappa shape index (κ2) is 12.9. The third-order valence-electron chi connectivity index (χ3n) is 6.79. The highest BCUT2D eigenvalue weighted by molar-refractivity contribution is 5.91. The maximum Gasteiger partial charge on any atom is 0.474 e. The number of alkyl halides is 3. The largest absolute Gasteiger partial charge is 0.474 e. The molecule has 1 fully saturated rings. The third-order valence-corrected chi connectivity index (χ3v) is 6.79. The van der Waals surface area contributed by atoms with E-state index < -0.39 is 47.7 Å². The van der Waals surface area contributed by atoms with Crippen molar-refractivity contribution in [3.63, 3.8) is 0 Å². The van der Waals surface area contributed by atoms with Gasteiger partial charge in [-0.3, -0.25) is 19.4 Å². The molecule has 0 spiro atoms. The van der Waals surface area contributed by atoms with Crippen LogP contribution in [0, 0.1) is 0 Å². The monoisotopic (exact) mass is 605 g/mol. The van der Waals surface area contributed by atoms with Crippen LogP contribution in [0.3, 0.4) is 0 Å². The average molecular weight is 606 g/mol. The van der Waals surface area contributed by atoms with E-state index in [0.717, 1.165) is 5.56 Å². The van der Waals surface area contributed by atoms with Gasteiger partial charge in [-0.25, -0.2) is 4.79 Å². The van der Waals surface area contributed by atoms with Gasteiger partial charge >= 0.3 is 18.2 Å². The highest BCUT2D eigenvalue weighted by Gasteiger charge is 2.44. The number of hydrogen-bond donors (Lipinski definition) is 2. The van der Waals surface area contributed by atoms with Crippen LogP contribution in [-0.2, 0) is 30.7 Å². The van der Waals surface area contributed by atoms with Gasteiger partial charge in [-0.1, -0.05) is 52.7 Å². The number of likely N-dealkylation sites (tertiary alicyclic amines) is 1. The van der Waals surface area contributed by atoms with Crippen molar-refractivity contribution >= 4 is 29.5 Å². The zero-order chi connectivity index (χ0) is 31.4. The lowest BCUT2D eigenvalue weighted by atomic mass is 9.85. The van der Waals surface area contributed by atoms with Crippen LogP contribution in [0.2, 0.25) is 0 Å². The molecule has 2 aliphatic rings. The maximum absolute atomic E-state index is 13.4. The van der Waals surface area contributed by atoms with Crippen molar-refractivity contribution in [2.75, 3.05) is 11.7 Å². The first-order valence-electron chi connectivity index (χ1n) is 13.7. The molecule has 0 unspecified atom stereocenters. The van der Waals surface area contributed by atoms with Crippen LogP contribution in [-0.4, -0.2) is 59.1 Å². The maximum atomic E-state index is 13.4. The van der Waals surface area contributed by atoms with Crippen LogP contribution in [0.15, 0.2) is 59.7 Å². The molecular formula is C29H34F3N5O6. The summed E-state index contributed by atoms with van der Waals surface area (Å²) >= 11 is 0. The van der Waals surface area contributed by atoms with E-state index in [0.29, 0.717) is 30.1 Å². The number of halogens is 3. The summed E-state index contributed by atoms with van der Waals surface area (Å²) in [6, 6.07) is 14.0. The van der Waals surface area contributed by atoms with Crippen molar-refractivity contribution in [2.45, 2.75) is 76.9 Å². The summed E-state index contributed by atoms with van der Waals surface area (Å²) in [7, 11) is 0. The normalized spacial score (nSPS) is 19.7. The van der Waals surface area contributed by atoms with Crippen LogP contribution in [0.5, 0.6) is 0 Å². The van der Waals surface area contributed by atoms with Gasteiger partial charge in [0.25, 0.3) is 0 Å². The van der Waals surface area contributed by atoms with Gasteiger partial charge < -0.3 is 15.4 Å². The molecule has 2 N–H and O–H groups in total. The second-order valence-electron chi connectivity index (χ2n) is 11.3. The van der Waals surface area contributed by atoms with E-state index in [1.807, 2.05) is 30.3 Å². The molecule has 3 atom stereocenters. The quantitative estimate of drug-likeness (QED) is 0.444. The fourth-order valence-corrected chi connectivity index (χ4v) is 4.63. The molecule has 43 heavy (non-hydrogen) atoms. The van der Waals surface area contributed by atoms with Gasteiger partial charge in [-0.2, -0.15) is 13.2 Å². The minimum absolute atomic E-state index is 0.0472. The molecule has 0 aromatic heterocycles. The van der Waals surface area contributed by atoms with E-state index in [9.17, 15) is 27.6 Å². The Kier molecular flexibility index (Phi) is 9.48. The van der Waals surface area contributed by atoms with Crippen LogP contribution in [0.1, 0.15) is 57.6 Å². The van der Waals surface area contributed by atoms with Crippen molar-refractivity contribution in [1.29, 1.82) is 0 Å². The lowest BCUT2D eigenvalue weighted by molar-refractivity contribution is -0.232. The van der Waals surface area contributed by atoms with E-state index in [4.69, 9.17) is 4.74 Å². The Bertz CT molecular complexity index is 1330. The van der Waals surface area contributed by atoms with E-state index >= 15 is 0 Å². The van der Waals surface area contributed by atoms with Crippen molar-refractivity contribution in [3.05, 3.63) is 65.7 Å². The Morgan fingerprint density at radius 2 is 1.74 bits per heavy atom. The predicted octanol–water partition coefficient (Wildman–Crippen LogP) is 4.55. The van der Waals surface area contributed by atoms with Gasteiger partial charge in [-0.15, -0.1) is 0 Å². The molecule has 0 saturated carbocycles. The van der Waals surface area contributed by atoms with Crippen LogP contribution in [0.25, 0.3) is 0 Å². The molecule has 1 saturated heterocycles. The van der Waals surface area contributed by atoms with Gasteiger partial charge in [0, 0.05) is 13.1 Å². The summed E-state index contributed by atoms with van der Waals surface area (Å²) in [6.07, 6.45) is -4.35. The Labute approximate surface area is 246 Å². The summed E-state index contributed by atoms with van der Waals surface area (Å²) in [5, 5.41) is 9.24. The van der Waals surface area contributed by atoms with Gasteiger partial charge in [0.1, 0.15) is 17.7 Å². The fourth-order valence-electron chi connectivity index (χ4n) is 4.63. The number of carbonyl (C=O) groups is 3. The lowest BCUT2D eigenvalue weighted by Gasteiger charge is -2.39. The van der Waals surface area contributed by atoms with Crippen LogP contribution < -0.4 is 15.8 Å². The van der Waals surface area contributed by atoms with Crippen molar-refractivity contribution < 1.29 is 42.2 Å². The molecule has 0 bridgehead atoms. The molecule has 0 radical (unpaired) electrons. The summed E-state index contributed by atoms with van der Waals surface area (Å²) < 4.78 is 43.6. The van der Waals surface area contributed by atoms with Crippen molar-refractivity contribution in [2.24, 2.45) is 5.10 Å². The zero-order valence-corrected chi connectivity index (χ0v) is 24.2. The fraction of sp³-hybridized carbons (Fsp3) is 0.448. The van der Waals surface area contributed by atoms with E-state index in [-0.39, 0.29) is 18.2 Å². The molecule has 2 aromatic rings. The zero-order valence-electron chi connectivity index (χ0n) is 24.2. The molecular weight excluding hydrogens is 571 g/mol. The van der Waals surface area contributed by atoms with Gasteiger partial charge in [0.15, 0.2) is 0 Å². The Balaban J connectivity index is 1.35. The number of hydrazone groups is 1. The van der Waals surface area contributed by atoms with Gasteiger partial charge in [0.05, 0.1) is 5.69 Å². The van der Waals surface area contributed by atoms with E-state index in [2.05, 4.69) is 25.6 Å². The first-order valence-corrected chi connectivity index (χ1v) is 13.7. The number of carbonyl (C=O) groups excluding carboxylic acids is 3.